The minimum absolute atomic E-state index is 0.133. The lowest BCUT2D eigenvalue weighted by molar-refractivity contribution is -0.142. The molecule has 0 N–H and O–H groups in total. The molecule has 1 heterocycles. The smallest absolute Gasteiger partial charge is 0.343 e. The van der Waals surface area contributed by atoms with Crippen molar-refractivity contribution in [3.05, 3.63) is 109 Å². The van der Waals surface area contributed by atoms with Crippen molar-refractivity contribution in [3.63, 3.8) is 0 Å². The summed E-state index contributed by atoms with van der Waals surface area (Å²) in [7, 11) is 1.33. The molecular weight excluding hydrogens is 452 g/mol. The Morgan fingerprint density at radius 2 is 1.44 bits per heavy atom. The van der Waals surface area contributed by atoms with Gasteiger partial charge in [0.05, 0.1) is 12.8 Å². The Balaban J connectivity index is 1.47. The molecule has 5 aromatic rings. The van der Waals surface area contributed by atoms with E-state index in [1.54, 1.807) is 0 Å². The van der Waals surface area contributed by atoms with E-state index in [1.807, 2.05) is 103 Å². The van der Waals surface area contributed by atoms with E-state index in [9.17, 15) is 4.79 Å². The Labute approximate surface area is 209 Å². The number of carbonyl (C=O) groups is 1. The lowest BCUT2D eigenvalue weighted by Crippen LogP contribution is -2.12. The Morgan fingerprint density at radius 1 is 0.722 bits per heavy atom. The molecule has 0 spiro atoms. The molecule has 178 valence electrons. The van der Waals surface area contributed by atoms with E-state index in [2.05, 4.69) is 4.74 Å². The molecule has 0 saturated heterocycles. The van der Waals surface area contributed by atoms with Crippen molar-refractivity contribution in [3.8, 4) is 34.3 Å². The SMILES string of the molecule is COC(=O)COc1ccc2cc(-c3nc(OCc4ccccc4)cc(-c4ccccc4)n3)ccc2c1. The summed E-state index contributed by atoms with van der Waals surface area (Å²) in [5.41, 5.74) is 3.71. The maximum atomic E-state index is 11.4. The molecule has 6 heteroatoms. The highest BCUT2D eigenvalue weighted by Crippen LogP contribution is 2.29. The maximum Gasteiger partial charge on any atom is 0.343 e. The second-order valence-electron chi connectivity index (χ2n) is 8.14. The highest BCUT2D eigenvalue weighted by molar-refractivity contribution is 5.88. The third kappa shape index (κ3) is 5.50. The number of rotatable bonds is 8. The molecule has 0 aliphatic carbocycles. The molecule has 0 amide bonds. The number of esters is 1. The Morgan fingerprint density at radius 3 is 2.22 bits per heavy atom. The predicted octanol–water partition coefficient (Wildman–Crippen LogP) is 6.09. The molecule has 36 heavy (non-hydrogen) atoms. The molecule has 0 radical (unpaired) electrons. The lowest BCUT2D eigenvalue weighted by atomic mass is 10.1. The van der Waals surface area contributed by atoms with Gasteiger partial charge in [0, 0.05) is 17.2 Å². The van der Waals surface area contributed by atoms with Crippen LogP contribution in [0.5, 0.6) is 11.6 Å². The van der Waals surface area contributed by atoms with Gasteiger partial charge in [-0.05, 0) is 34.5 Å². The fourth-order valence-corrected chi connectivity index (χ4v) is 3.77. The van der Waals surface area contributed by atoms with Crippen LogP contribution in [0.2, 0.25) is 0 Å². The van der Waals surface area contributed by atoms with Crippen molar-refractivity contribution in [2.45, 2.75) is 6.61 Å². The first-order chi connectivity index (χ1) is 17.7. The highest BCUT2D eigenvalue weighted by Gasteiger charge is 2.11. The second kappa shape index (κ2) is 10.7. The quantitative estimate of drug-likeness (QED) is 0.252. The van der Waals surface area contributed by atoms with Gasteiger partial charge >= 0.3 is 5.97 Å². The first-order valence-electron chi connectivity index (χ1n) is 11.5. The standard InChI is InChI=1S/C30H24N2O4/c1-34-29(33)20-35-26-15-14-23-16-25(13-12-24(23)17-26)30-31-27(22-10-6-3-7-11-22)18-28(32-30)36-19-21-8-4-2-5-9-21/h2-18H,19-20H2,1H3. The van der Waals surface area contributed by atoms with Crippen LogP contribution in [0, 0.1) is 0 Å². The van der Waals surface area contributed by atoms with Crippen molar-refractivity contribution in [2.24, 2.45) is 0 Å². The van der Waals surface area contributed by atoms with Gasteiger partial charge < -0.3 is 14.2 Å². The molecule has 1 aromatic heterocycles. The number of aromatic nitrogens is 2. The minimum Gasteiger partial charge on any atom is -0.482 e. The van der Waals surface area contributed by atoms with Crippen molar-refractivity contribution >= 4 is 16.7 Å². The average molecular weight is 477 g/mol. The van der Waals surface area contributed by atoms with Gasteiger partial charge in [0.2, 0.25) is 5.88 Å². The van der Waals surface area contributed by atoms with E-state index in [-0.39, 0.29) is 6.61 Å². The molecule has 0 fully saturated rings. The van der Waals surface area contributed by atoms with Crippen LogP contribution < -0.4 is 9.47 Å². The number of hydrogen-bond acceptors (Lipinski definition) is 6. The zero-order chi connectivity index (χ0) is 24.7. The molecule has 0 bridgehead atoms. The van der Waals surface area contributed by atoms with Gasteiger partial charge in [0.1, 0.15) is 12.4 Å². The van der Waals surface area contributed by atoms with Crippen LogP contribution >= 0.6 is 0 Å². The van der Waals surface area contributed by atoms with Gasteiger partial charge in [-0.3, -0.25) is 0 Å². The Bertz CT molecular complexity index is 1490. The first-order valence-corrected chi connectivity index (χ1v) is 11.5. The predicted molar refractivity (Wildman–Crippen MR) is 139 cm³/mol. The fraction of sp³-hybridized carbons (Fsp3) is 0.100. The number of fused-ring (bicyclic) bond motifs is 1. The molecule has 5 rings (SSSR count). The van der Waals surface area contributed by atoms with E-state index < -0.39 is 5.97 Å². The minimum atomic E-state index is -0.425. The van der Waals surface area contributed by atoms with Crippen LogP contribution in [0.1, 0.15) is 5.56 Å². The van der Waals surface area contributed by atoms with Gasteiger partial charge in [0.15, 0.2) is 12.4 Å². The second-order valence-corrected chi connectivity index (χ2v) is 8.14. The molecule has 4 aromatic carbocycles. The van der Waals surface area contributed by atoms with E-state index in [0.717, 1.165) is 33.2 Å². The van der Waals surface area contributed by atoms with E-state index in [4.69, 9.17) is 19.4 Å². The largest absolute Gasteiger partial charge is 0.482 e. The zero-order valence-electron chi connectivity index (χ0n) is 19.8. The maximum absolute atomic E-state index is 11.4. The van der Waals surface area contributed by atoms with Crippen molar-refractivity contribution in [1.29, 1.82) is 0 Å². The summed E-state index contributed by atoms with van der Waals surface area (Å²) in [4.78, 5) is 20.9. The molecule has 0 aliphatic heterocycles. The molecular formula is C30H24N2O4. The van der Waals surface area contributed by atoms with E-state index in [0.29, 0.717) is 24.1 Å². The average Bonchev–Trinajstić information content (AvgIpc) is 2.95. The van der Waals surface area contributed by atoms with E-state index >= 15 is 0 Å². The number of nitrogens with zero attached hydrogens (tertiary/aromatic N) is 2. The van der Waals surface area contributed by atoms with Gasteiger partial charge in [-0.2, -0.15) is 4.98 Å². The Hall–Kier alpha value is -4.71. The monoisotopic (exact) mass is 476 g/mol. The zero-order valence-corrected chi connectivity index (χ0v) is 19.8. The van der Waals surface area contributed by atoms with Crippen LogP contribution in [-0.4, -0.2) is 29.7 Å². The topological polar surface area (TPSA) is 70.5 Å². The number of methoxy groups -OCH3 is 1. The van der Waals surface area contributed by atoms with Gasteiger partial charge in [-0.15, -0.1) is 0 Å². The van der Waals surface area contributed by atoms with E-state index in [1.165, 1.54) is 7.11 Å². The fourth-order valence-electron chi connectivity index (χ4n) is 3.77. The molecule has 6 nitrogen and oxygen atoms in total. The van der Waals surface area contributed by atoms with Crippen LogP contribution in [0.15, 0.2) is 103 Å². The van der Waals surface area contributed by atoms with Gasteiger partial charge in [0.25, 0.3) is 0 Å². The summed E-state index contributed by atoms with van der Waals surface area (Å²) in [5.74, 6) is 1.26. The van der Waals surface area contributed by atoms with Gasteiger partial charge in [-0.1, -0.05) is 78.9 Å². The Kier molecular flexibility index (Phi) is 6.85. The summed E-state index contributed by atoms with van der Waals surface area (Å²) >= 11 is 0. The third-order valence-electron chi connectivity index (χ3n) is 5.66. The van der Waals surface area contributed by atoms with Crippen molar-refractivity contribution < 1.29 is 19.0 Å². The van der Waals surface area contributed by atoms with Crippen LogP contribution in [0.3, 0.4) is 0 Å². The molecule has 0 unspecified atom stereocenters. The summed E-state index contributed by atoms with van der Waals surface area (Å²) in [6, 6.07) is 33.5. The summed E-state index contributed by atoms with van der Waals surface area (Å²) in [6.07, 6.45) is 0. The van der Waals surface area contributed by atoms with Crippen LogP contribution in [0.25, 0.3) is 33.4 Å². The lowest BCUT2D eigenvalue weighted by Gasteiger charge is -2.11. The van der Waals surface area contributed by atoms with Gasteiger partial charge in [-0.25, -0.2) is 9.78 Å². The number of carbonyl (C=O) groups excluding carboxylic acids is 1. The number of benzene rings is 4. The molecule has 0 atom stereocenters. The summed E-state index contributed by atoms with van der Waals surface area (Å²) in [5, 5.41) is 1.97. The van der Waals surface area contributed by atoms with Crippen LogP contribution in [-0.2, 0) is 16.1 Å². The normalized spacial score (nSPS) is 10.7. The summed E-state index contributed by atoms with van der Waals surface area (Å²) in [6.45, 7) is 0.281. The number of hydrogen-bond donors (Lipinski definition) is 0. The number of ether oxygens (including phenoxy) is 3. The highest BCUT2D eigenvalue weighted by atomic mass is 16.6. The third-order valence-corrected chi connectivity index (χ3v) is 5.66. The van der Waals surface area contributed by atoms with Crippen molar-refractivity contribution in [1.82, 2.24) is 9.97 Å². The van der Waals surface area contributed by atoms with Crippen LogP contribution in [0.4, 0.5) is 0 Å². The van der Waals surface area contributed by atoms with Crippen molar-refractivity contribution in [2.75, 3.05) is 13.7 Å². The first kappa shape index (κ1) is 23.1. The molecule has 0 aliphatic rings. The summed E-state index contributed by atoms with van der Waals surface area (Å²) < 4.78 is 16.2. The molecule has 0 saturated carbocycles.